The Bertz CT molecular complexity index is 431. The molecule has 0 aliphatic carbocycles. The van der Waals surface area contributed by atoms with Crippen molar-refractivity contribution in [1.82, 2.24) is 15.1 Å². The van der Waals surface area contributed by atoms with Crippen LogP contribution in [0.2, 0.25) is 0 Å². The topological polar surface area (TPSA) is 84.2 Å². The van der Waals surface area contributed by atoms with Gasteiger partial charge in [-0.1, -0.05) is 0 Å². The zero-order valence-electron chi connectivity index (χ0n) is 10.4. The van der Waals surface area contributed by atoms with Crippen molar-refractivity contribution in [2.75, 3.05) is 0 Å². The number of carbonyl (C=O) groups is 2. The Balaban J connectivity index is 2.78. The number of aliphatic carboxylic acids is 1. The lowest BCUT2D eigenvalue weighted by atomic mass is 10.1. The van der Waals surface area contributed by atoms with Crippen molar-refractivity contribution in [2.24, 2.45) is 0 Å². The zero-order chi connectivity index (χ0) is 13.2. The lowest BCUT2D eigenvalue weighted by molar-refractivity contribution is -0.138. The summed E-state index contributed by atoms with van der Waals surface area (Å²) >= 11 is 0. The quantitative estimate of drug-likeness (QED) is 0.818. The van der Waals surface area contributed by atoms with Crippen molar-refractivity contribution in [1.29, 1.82) is 0 Å². The maximum Gasteiger partial charge on any atom is 0.325 e. The normalized spacial score (nSPS) is 13.2. The number of rotatable bonds is 3. The van der Waals surface area contributed by atoms with Gasteiger partial charge in [-0.15, -0.1) is 0 Å². The van der Waals surface area contributed by atoms with Crippen LogP contribution in [0.4, 0.5) is 0 Å². The van der Waals surface area contributed by atoms with Crippen LogP contribution in [0, 0.1) is 0 Å². The highest BCUT2D eigenvalue weighted by Crippen LogP contribution is 2.13. The van der Waals surface area contributed by atoms with Crippen LogP contribution in [0.3, 0.4) is 0 Å². The van der Waals surface area contributed by atoms with Gasteiger partial charge in [-0.25, -0.2) is 0 Å². The third-order valence-electron chi connectivity index (χ3n) is 2.25. The Morgan fingerprint density at radius 1 is 1.47 bits per heavy atom. The highest BCUT2D eigenvalue weighted by Gasteiger charge is 2.19. The van der Waals surface area contributed by atoms with E-state index in [9.17, 15) is 9.59 Å². The number of carboxylic acid groups (broad SMARTS) is 1. The minimum Gasteiger partial charge on any atom is -0.480 e. The molecule has 0 fully saturated rings. The molecule has 0 saturated heterocycles. The Morgan fingerprint density at radius 2 is 2.06 bits per heavy atom. The largest absolute Gasteiger partial charge is 0.480 e. The van der Waals surface area contributed by atoms with Crippen LogP contribution in [0.15, 0.2) is 12.4 Å². The second kappa shape index (κ2) is 4.57. The van der Waals surface area contributed by atoms with E-state index in [0.29, 0.717) is 5.56 Å². The van der Waals surface area contributed by atoms with E-state index in [2.05, 4.69) is 10.4 Å². The molecule has 1 heterocycles. The first-order valence-electron chi connectivity index (χ1n) is 5.30. The van der Waals surface area contributed by atoms with Crippen molar-refractivity contribution in [3.63, 3.8) is 0 Å². The average Bonchev–Trinajstić information content (AvgIpc) is 2.65. The molecule has 1 amide bonds. The molecule has 0 spiro atoms. The molecule has 1 aromatic heterocycles. The minimum atomic E-state index is -1.07. The molecule has 0 radical (unpaired) electrons. The molecule has 17 heavy (non-hydrogen) atoms. The Hall–Kier alpha value is -1.85. The van der Waals surface area contributed by atoms with E-state index in [1.807, 2.05) is 20.8 Å². The Labute approximate surface area is 99.6 Å². The molecule has 0 saturated carbocycles. The maximum atomic E-state index is 11.7. The molecule has 6 nitrogen and oxygen atoms in total. The number of nitrogens with one attached hydrogen (secondary N) is 1. The van der Waals surface area contributed by atoms with E-state index in [4.69, 9.17) is 5.11 Å². The van der Waals surface area contributed by atoms with E-state index in [-0.39, 0.29) is 5.54 Å². The average molecular weight is 239 g/mol. The summed E-state index contributed by atoms with van der Waals surface area (Å²) in [4.78, 5) is 22.3. The summed E-state index contributed by atoms with van der Waals surface area (Å²) in [6.45, 7) is 7.29. The van der Waals surface area contributed by atoms with Gasteiger partial charge in [-0.3, -0.25) is 14.3 Å². The van der Waals surface area contributed by atoms with Crippen molar-refractivity contribution in [3.8, 4) is 0 Å². The predicted octanol–water partition coefficient (Wildman–Crippen LogP) is 0.841. The van der Waals surface area contributed by atoms with Crippen LogP contribution in [0.5, 0.6) is 0 Å². The fourth-order valence-electron chi connectivity index (χ4n) is 1.15. The predicted molar refractivity (Wildman–Crippen MR) is 61.8 cm³/mol. The number of carboxylic acids is 1. The summed E-state index contributed by atoms with van der Waals surface area (Å²) in [6, 6.07) is -0.916. The molecule has 6 heteroatoms. The number of hydrogen-bond donors (Lipinski definition) is 2. The SMILES string of the molecule is C[C@@H](NC(=O)c1cnn(C(C)(C)C)c1)C(=O)O. The summed E-state index contributed by atoms with van der Waals surface area (Å²) in [5.74, 6) is -1.50. The molecule has 0 unspecified atom stereocenters. The number of aromatic nitrogens is 2. The van der Waals surface area contributed by atoms with Crippen molar-refractivity contribution >= 4 is 11.9 Å². The molecule has 0 bridgehead atoms. The van der Waals surface area contributed by atoms with E-state index in [0.717, 1.165) is 0 Å². The molecular formula is C11H17N3O3. The van der Waals surface area contributed by atoms with Crippen molar-refractivity contribution in [2.45, 2.75) is 39.3 Å². The fourth-order valence-corrected chi connectivity index (χ4v) is 1.15. The third kappa shape index (κ3) is 3.30. The molecule has 94 valence electrons. The van der Waals surface area contributed by atoms with E-state index >= 15 is 0 Å². The molecule has 0 aliphatic heterocycles. The summed E-state index contributed by atoms with van der Waals surface area (Å²) in [5, 5.41) is 15.1. The molecule has 1 aromatic rings. The summed E-state index contributed by atoms with van der Waals surface area (Å²) in [5.41, 5.74) is 0.143. The second-order valence-electron chi connectivity index (χ2n) is 4.88. The first-order chi connectivity index (χ1) is 7.71. The fraction of sp³-hybridized carbons (Fsp3) is 0.545. The van der Waals surface area contributed by atoms with Gasteiger partial charge in [0.05, 0.1) is 17.3 Å². The number of carbonyl (C=O) groups excluding carboxylic acids is 1. The van der Waals surface area contributed by atoms with Gasteiger partial charge in [-0.2, -0.15) is 5.10 Å². The molecule has 1 atom stereocenters. The Morgan fingerprint density at radius 3 is 2.47 bits per heavy atom. The first-order valence-corrected chi connectivity index (χ1v) is 5.30. The van der Waals surface area contributed by atoms with E-state index in [1.54, 1.807) is 10.9 Å². The van der Waals surface area contributed by atoms with Crippen LogP contribution >= 0.6 is 0 Å². The standard InChI is InChI=1S/C11H17N3O3/c1-7(10(16)17)13-9(15)8-5-12-14(6-8)11(2,3)4/h5-7H,1-4H3,(H,13,15)(H,16,17)/t7-/m1/s1. The Kier molecular flexibility index (Phi) is 3.55. The number of amides is 1. The number of hydrogen-bond acceptors (Lipinski definition) is 3. The zero-order valence-corrected chi connectivity index (χ0v) is 10.4. The van der Waals surface area contributed by atoms with E-state index < -0.39 is 17.9 Å². The van der Waals surface area contributed by atoms with Crippen LogP contribution in [-0.2, 0) is 10.3 Å². The molecule has 1 rings (SSSR count). The number of nitrogens with zero attached hydrogens (tertiary/aromatic N) is 2. The van der Waals surface area contributed by atoms with Crippen molar-refractivity contribution < 1.29 is 14.7 Å². The van der Waals surface area contributed by atoms with Gasteiger partial charge in [0.15, 0.2) is 0 Å². The molecule has 0 aromatic carbocycles. The molecule has 0 aliphatic rings. The molecular weight excluding hydrogens is 222 g/mol. The summed E-state index contributed by atoms with van der Waals surface area (Å²) in [6.07, 6.45) is 3.03. The molecule has 2 N–H and O–H groups in total. The van der Waals surface area contributed by atoms with Gasteiger partial charge in [0.25, 0.3) is 5.91 Å². The highest BCUT2D eigenvalue weighted by molar-refractivity contribution is 5.96. The van der Waals surface area contributed by atoms with Crippen LogP contribution in [0.25, 0.3) is 0 Å². The van der Waals surface area contributed by atoms with Gasteiger partial charge in [0.1, 0.15) is 6.04 Å². The highest BCUT2D eigenvalue weighted by atomic mass is 16.4. The maximum absolute atomic E-state index is 11.7. The summed E-state index contributed by atoms with van der Waals surface area (Å²) < 4.78 is 1.66. The van der Waals surface area contributed by atoms with Crippen molar-refractivity contribution in [3.05, 3.63) is 18.0 Å². The van der Waals surface area contributed by atoms with Gasteiger partial charge in [-0.05, 0) is 27.7 Å². The lowest BCUT2D eigenvalue weighted by Crippen LogP contribution is -2.38. The van der Waals surface area contributed by atoms with Gasteiger partial charge in [0.2, 0.25) is 0 Å². The van der Waals surface area contributed by atoms with Gasteiger partial charge < -0.3 is 10.4 Å². The van der Waals surface area contributed by atoms with Crippen LogP contribution in [0.1, 0.15) is 38.1 Å². The van der Waals surface area contributed by atoms with Gasteiger partial charge in [0, 0.05) is 6.20 Å². The van der Waals surface area contributed by atoms with E-state index in [1.165, 1.54) is 13.1 Å². The van der Waals surface area contributed by atoms with Crippen LogP contribution in [-0.4, -0.2) is 32.8 Å². The lowest BCUT2D eigenvalue weighted by Gasteiger charge is -2.18. The smallest absolute Gasteiger partial charge is 0.325 e. The first kappa shape index (κ1) is 13.2. The second-order valence-corrected chi connectivity index (χ2v) is 4.88. The van der Waals surface area contributed by atoms with Crippen LogP contribution < -0.4 is 5.32 Å². The third-order valence-corrected chi connectivity index (χ3v) is 2.25. The minimum absolute atomic E-state index is 0.211. The summed E-state index contributed by atoms with van der Waals surface area (Å²) in [7, 11) is 0. The van der Waals surface area contributed by atoms with Gasteiger partial charge >= 0.3 is 5.97 Å². The monoisotopic (exact) mass is 239 g/mol.